The second-order valence-corrected chi connectivity index (χ2v) is 8.00. The number of fused-ring (bicyclic) bond motifs is 1. The summed E-state index contributed by atoms with van der Waals surface area (Å²) in [4.78, 5) is 0. The maximum absolute atomic E-state index is 11.7. The Morgan fingerprint density at radius 1 is 1.27 bits per heavy atom. The molecular weight excluding hydrogens is 210 g/mol. The topological polar surface area (TPSA) is 37.4 Å². The van der Waals surface area contributed by atoms with E-state index in [1.807, 2.05) is 0 Å². The van der Waals surface area contributed by atoms with E-state index in [0.717, 1.165) is 19.3 Å². The van der Waals surface area contributed by atoms with E-state index in [0.29, 0.717) is 17.1 Å². The largest absolute Gasteiger partial charge is 0.214 e. The molecule has 2 aliphatic rings. The van der Waals surface area contributed by atoms with E-state index in [-0.39, 0.29) is 6.04 Å². The maximum atomic E-state index is 11.7. The van der Waals surface area contributed by atoms with Crippen LogP contribution in [0.1, 0.15) is 39.5 Å². The zero-order valence-corrected chi connectivity index (χ0v) is 10.7. The van der Waals surface area contributed by atoms with Crippen molar-refractivity contribution in [2.75, 3.05) is 12.8 Å². The zero-order valence-electron chi connectivity index (χ0n) is 9.86. The lowest BCUT2D eigenvalue weighted by atomic mass is 9.69. The second-order valence-electron chi connectivity index (χ2n) is 5.86. The minimum absolute atomic E-state index is 0.275. The lowest BCUT2D eigenvalue weighted by molar-refractivity contribution is 0.0951. The molecule has 1 heterocycles. The van der Waals surface area contributed by atoms with Crippen LogP contribution in [0.4, 0.5) is 0 Å². The molecule has 0 aromatic heterocycles. The van der Waals surface area contributed by atoms with Crippen molar-refractivity contribution in [3.63, 3.8) is 0 Å². The van der Waals surface area contributed by atoms with Gasteiger partial charge in [-0.1, -0.05) is 13.8 Å². The lowest BCUT2D eigenvalue weighted by Crippen LogP contribution is -2.51. The highest BCUT2D eigenvalue weighted by atomic mass is 32.2. The number of nitrogens with zero attached hydrogens (tertiary/aromatic N) is 1. The van der Waals surface area contributed by atoms with E-state index in [2.05, 4.69) is 13.8 Å². The first-order valence-corrected chi connectivity index (χ1v) is 7.38. The molecule has 0 aromatic carbocycles. The summed E-state index contributed by atoms with van der Waals surface area (Å²) in [7, 11) is -1.18. The first kappa shape index (κ1) is 11.4. The third kappa shape index (κ3) is 2.07. The van der Waals surface area contributed by atoms with Gasteiger partial charge in [-0.3, -0.25) is 0 Å². The lowest BCUT2D eigenvalue weighted by Gasteiger charge is -2.46. The van der Waals surface area contributed by atoms with E-state index in [1.54, 1.807) is 11.4 Å². The number of sulfonamides is 1. The van der Waals surface area contributed by atoms with Crippen molar-refractivity contribution in [1.82, 2.24) is 4.31 Å². The highest BCUT2D eigenvalue weighted by Crippen LogP contribution is 2.44. The van der Waals surface area contributed by atoms with Gasteiger partial charge < -0.3 is 0 Å². The van der Waals surface area contributed by atoms with Gasteiger partial charge in [-0.15, -0.1) is 0 Å². The van der Waals surface area contributed by atoms with Gasteiger partial charge in [-0.05, 0) is 37.0 Å². The van der Waals surface area contributed by atoms with Crippen LogP contribution in [0.25, 0.3) is 0 Å². The van der Waals surface area contributed by atoms with Crippen LogP contribution in [-0.2, 0) is 10.0 Å². The first-order valence-electron chi connectivity index (χ1n) is 5.78. The van der Waals surface area contributed by atoms with E-state index in [9.17, 15) is 8.42 Å². The Labute approximate surface area is 92.9 Å². The Balaban J connectivity index is 2.18. The Hall–Kier alpha value is -0.0900. The molecule has 2 unspecified atom stereocenters. The van der Waals surface area contributed by atoms with Crippen molar-refractivity contribution >= 4 is 10.0 Å². The normalized spacial score (nSPS) is 39.7. The third-order valence-corrected chi connectivity index (χ3v) is 6.03. The number of hydrogen-bond donors (Lipinski definition) is 0. The standard InChI is InChI=1S/C11H21NO2S/c1-11(2)6-4-10-9(8-11)5-7-15(13,14)12(10)3/h9-10H,4-8H2,1-3H3. The molecule has 2 fully saturated rings. The Morgan fingerprint density at radius 3 is 2.60 bits per heavy atom. The Kier molecular flexibility index (Phi) is 2.62. The molecule has 0 radical (unpaired) electrons. The summed E-state index contributed by atoms with van der Waals surface area (Å²) in [6.45, 7) is 4.60. The summed E-state index contributed by atoms with van der Waals surface area (Å²) in [6.07, 6.45) is 4.22. The van der Waals surface area contributed by atoms with Crippen LogP contribution < -0.4 is 0 Å². The molecule has 4 heteroatoms. The molecule has 0 bridgehead atoms. The molecule has 1 aliphatic carbocycles. The van der Waals surface area contributed by atoms with Crippen LogP contribution in [0.2, 0.25) is 0 Å². The van der Waals surface area contributed by atoms with Gasteiger partial charge in [0.1, 0.15) is 0 Å². The molecule has 1 aliphatic heterocycles. The van der Waals surface area contributed by atoms with Crippen LogP contribution in [0, 0.1) is 11.3 Å². The minimum atomic E-state index is -2.94. The Bertz CT molecular complexity index is 348. The van der Waals surface area contributed by atoms with Crippen LogP contribution in [0.15, 0.2) is 0 Å². The summed E-state index contributed by atoms with van der Waals surface area (Å²) in [5.41, 5.74) is 0.406. The van der Waals surface area contributed by atoms with Crippen LogP contribution in [-0.4, -0.2) is 31.6 Å². The molecule has 1 saturated carbocycles. The molecule has 0 N–H and O–H groups in total. The second kappa shape index (κ2) is 3.45. The number of hydrogen-bond acceptors (Lipinski definition) is 2. The molecule has 88 valence electrons. The van der Waals surface area contributed by atoms with Crippen molar-refractivity contribution in [1.29, 1.82) is 0 Å². The van der Waals surface area contributed by atoms with Crippen molar-refractivity contribution in [2.45, 2.75) is 45.6 Å². The molecule has 1 saturated heterocycles. The van der Waals surface area contributed by atoms with Gasteiger partial charge in [-0.25, -0.2) is 12.7 Å². The molecule has 15 heavy (non-hydrogen) atoms. The summed E-state index contributed by atoms with van der Waals surface area (Å²) >= 11 is 0. The van der Waals surface area contributed by atoms with Crippen LogP contribution in [0.3, 0.4) is 0 Å². The third-order valence-electron chi connectivity index (χ3n) is 4.13. The molecular formula is C11H21NO2S. The van der Waals surface area contributed by atoms with Gasteiger partial charge in [-0.2, -0.15) is 0 Å². The SMILES string of the molecule is CN1C2CCC(C)(C)CC2CCS1(=O)=O. The van der Waals surface area contributed by atoms with E-state index >= 15 is 0 Å². The fourth-order valence-electron chi connectivity index (χ4n) is 3.15. The fourth-order valence-corrected chi connectivity index (χ4v) is 4.72. The van der Waals surface area contributed by atoms with Crippen molar-refractivity contribution < 1.29 is 8.42 Å². The molecule has 3 nitrogen and oxygen atoms in total. The van der Waals surface area contributed by atoms with Gasteiger partial charge in [0.05, 0.1) is 5.75 Å². The summed E-state index contributed by atoms with van der Waals surface area (Å²) in [5, 5.41) is 0. The summed E-state index contributed by atoms with van der Waals surface area (Å²) in [6, 6.07) is 0.275. The minimum Gasteiger partial charge on any atom is -0.212 e. The van der Waals surface area contributed by atoms with E-state index in [4.69, 9.17) is 0 Å². The zero-order chi connectivity index (χ0) is 11.3. The highest BCUT2D eigenvalue weighted by molar-refractivity contribution is 7.89. The summed E-state index contributed by atoms with van der Waals surface area (Å²) in [5.74, 6) is 0.933. The van der Waals surface area contributed by atoms with Gasteiger partial charge in [0.2, 0.25) is 10.0 Å². The average molecular weight is 231 g/mol. The average Bonchev–Trinajstić information content (AvgIpc) is 2.11. The smallest absolute Gasteiger partial charge is 0.212 e. The van der Waals surface area contributed by atoms with Crippen molar-refractivity contribution in [2.24, 2.45) is 11.3 Å². The van der Waals surface area contributed by atoms with E-state index in [1.165, 1.54) is 6.42 Å². The van der Waals surface area contributed by atoms with Crippen LogP contribution >= 0.6 is 0 Å². The Morgan fingerprint density at radius 2 is 1.93 bits per heavy atom. The van der Waals surface area contributed by atoms with Gasteiger partial charge in [0.25, 0.3) is 0 Å². The maximum Gasteiger partial charge on any atom is 0.214 e. The quantitative estimate of drug-likeness (QED) is 0.638. The van der Waals surface area contributed by atoms with Gasteiger partial charge >= 0.3 is 0 Å². The first-order chi connectivity index (χ1) is 6.82. The van der Waals surface area contributed by atoms with Gasteiger partial charge in [0, 0.05) is 13.1 Å². The summed E-state index contributed by atoms with van der Waals surface area (Å²) < 4.78 is 25.1. The molecule has 2 atom stereocenters. The van der Waals surface area contributed by atoms with Crippen LogP contribution in [0.5, 0.6) is 0 Å². The predicted molar refractivity (Wildman–Crippen MR) is 61.1 cm³/mol. The monoisotopic (exact) mass is 231 g/mol. The predicted octanol–water partition coefficient (Wildman–Crippen LogP) is 1.85. The number of rotatable bonds is 0. The molecule has 0 spiro atoms. The van der Waals surface area contributed by atoms with Crippen molar-refractivity contribution in [3.05, 3.63) is 0 Å². The van der Waals surface area contributed by atoms with Crippen molar-refractivity contribution in [3.8, 4) is 0 Å². The molecule has 0 aromatic rings. The highest BCUT2D eigenvalue weighted by Gasteiger charge is 2.43. The van der Waals surface area contributed by atoms with Gasteiger partial charge in [0.15, 0.2) is 0 Å². The fraction of sp³-hybridized carbons (Fsp3) is 1.00. The van der Waals surface area contributed by atoms with E-state index < -0.39 is 10.0 Å². The molecule has 2 rings (SSSR count). The molecule has 0 amide bonds.